The lowest BCUT2D eigenvalue weighted by Gasteiger charge is -2.18. The molecule has 5 nitrogen and oxygen atoms in total. The van der Waals surface area contributed by atoms with Crippen molar-refractivity contribution in [1.29, 1.82) is 0 Å². The van der Waals surface area contributed by atoms with E-state index in [9.17, 15) is 4.79 Å². The van der Waals surface area contributed by atoms with Crippen molar-refractivity contribution in [3.05, 3.63) is 83.2 Å². The molecule has 0 bridgehead atoms. The average molecular weight is 435 g/mol. The quantitative estimate of drug-likeness (QED) is 0.560. The van der Waals surface area contributed by atoms with Crippen LogP contribution in [0.5, 0.6) is 0 Å². The average Bonchev–Trinajstić information content (AvgIpc) is 3.36. The minimum Gasteiger partial charge on any atom is -0.334 e. The van der Waals surface area contributed by atoms with Crippen LogP contribution in [0.1, 0.15) is 41.3 Å². The van der Waals surface area contributed by atoms with Crippen LogP contribution >= 0.6 is 11.8 Å². The first-order valence-corrected chi connectivity index (χ1v) is 11.8. The van der Waals surface area contributed by atoms with Crippen LogP contribution in [0.25, 0.3) is 0 Å². The highest BCUT2D eigenvalue weighted by atomic mass is 32.2. The molecule has 31 heavy (non-hydrogen) atoms. The van der Waals surface area contributed by atoms with Crippen LogP contribution in [-0.4, -0.2) is 39.6 Å². The highest BCUT2D eigenvalue weighted by Gasteiger charge is 2.38. The molecule has 0 aliphatic carbocycles. The molecule has 6 heteroatoms. The normalized spacial score (nSPS) is 18.4. The molecular formula is C25H30N4OS. The zero-order chi connectivity index (χ0) is 21.8. The highest BCUT2D eigenvalue weighted by Crippen LogP contribution is 2.39. The molecule has 2 atom stereocenters. The number of rotatable bonds is 6. The van der Waals surface area contributed by atoms with E-state index in [2.05, 4.69) is 71.9 Å². The van der Waals surface area contributed by atoms with Gasteiger partial charge in [-0.15, -0.1) is 11.8 Å². The molecule has 3 aromatic rings. The Kier molecular flexibility index (Phi) is 6.66. The molecule has 1 aliphatic rings. The van der Waals surface area contributed by atoms with E-state index in [0.717, 1.165) is 17.0 Å². The number of likely N-dealkylation sites (tertiary alicyclic amines) is 1. The van der Waals surface area contributed by atoms with Crippen molar-refractivity contribution in [1.82, 2.24) is 20.0 Å². The molecular weight excluding hydrogens is 404 g/mol. The summed E-state index contributed by atoms with van der Waals surface area (Å²) in [6.07, 6.45) is 0. The molecule has 0 radical (unpaired) electrons. The van der Waals surface area contributed by atoms with E-state index in [4.69, 9.17) is 0 Å². The van der Waals surface area contributed by atoms with Crippen molar-refractivity contribution in [2.45, 2.75) is 37.1 Å². The van der Waals surface area contributed by atoms with Crippen molar-refractivity contribution < 1.29 is 4.79 Å². The Balaban J connectivity index is 1.47. The van der Waals surface area contributed by atoms with Gasteiger partial charge < -0.3 is 10.2 Å². The van der Waals surface area contributed by atoms with Crippen molar-refractivity contribution in [3.8, 4) is 0 Å². The van der Waals surface area contributed by atoms with Crippen LogP contribution in [0.3, 0.4) is 0 Å². The lowest BCUT2D eigenvalue weighted by molar-refractivity contribution is 0.207. The third-order valence-electron chi connectivity index (χ3n) is 5.93. The van der Waals surface area contributed by atoms with Crippen molar-refractivity contribution in [2.24, 2.45) is 7.05 Å². The Morgan fingerprint density at radius 3 is 2.45 bits per heavy atom. The fourth-order valence-corrected chi connectivity index (χ4v) is 5.11. The van der Waals surface area contributed by atoms with E-state index in [1.807, 2.05) is 41.4 Å². The van der Waals surface area contributed by atoms with Crippen LogP contribution < -0.4 is 5.32 Å². The first-order chi connectivity index (χ1) is 15.0. The number of hydrogen-bond donors (Lipinski definition) is 1. The number of thioether (sulfide) groups is 1. The summed E-state index contributed by atoms with van der Waals surface area (Å²) in [5.41, 5.74) is 4.58. The standard InChI is InChI=1S/C25H30N4OS/c1-4-31-21-12-10-19(11-13-21)15-26-25(30)29-16-22(20-8-6-5-7-9-20)23(17-29)24-14-18(2)27-28(24)3/h5-14,22-23H,4,15-17H2,1-3H3,(H,26,30). The number of benzene rings is 2. The SMILES string of the molecule is CCSc1ccc(CNC(=O)N2CC(c3ccccc3)C(c3cc(C)nn3C)C2)cc1. The summed E-state index contributed by atoms with van der Waals surface area (Å²) in [6.45, 7) is 6.10. The van der Waals surface area contributed by atoms with Crippen LogP contribution in [0, 0.1) is 6.92 Å². The van der Waals surface area contributed by atoms with Gasteiger partial charge >= 0.3 is 6.03 Å². The lowest BCUT2D eigenvalue weighted by atomic mass is 9.86. The minimum atomic E-state index is -0.00525. The lowest BCUT2D eigenvalue weighted by Crippen LogP contribution is -2.38. The van der Waals surface area contributed by atoms with E-state index < -0.39 is 0 Å². The number of hydrogen-bond acceptors (Lipinski definition) is 3. The first kappa shape index (κ1) is 21.5. The van der Waals surface area contributed by atoms with Gasteiger partial charge in [0.15, 0.2) is 0 Å². The van der Waals surface area contributed by atoms with E-state index >= 15 is 0 Å². The molecule has 0 spiro atoms. The largest absolute Gasteiger partial charge is 0.334 e. The van der Waals surface area contributed by atoms with Gasteiger partial charge in [0, 0.05) is 49.1 Å². The molecule has 2 aromatic carbocycles. The molecule has 1 fully saturated rings. The third-order valence-corrected chi connectivity index (χ3v) is 6.83. The van der Waals surface area contributed by atoms with Gasteiger partial charge in [0.05, 0.1) is 5.69 Å². The first-order valence-electron chi connectivity index (χ1n) is 10.8. The Hall–Kier alpha value is -2.73. The van der Waals surface area contributed by atoms with Gasteiger partial charge in [0.2, 0.25) is 0 Å². The zero-order valence-electron chi connectivity index (χ0n) is 18.4. The summed E-state index contributed by atoms with van der Waals surface area (Å²) in [4.78, 5) is 16.2. The van der Waals surface area contributed by atoms with Gasteiger partial charge in [-0.05, 0) is 42.0 Å². The summed E-state index contributed by atoms with van der Waals surface area (Å²) >= 11 is 1.83. The van der Waals surface area contributed by atoms with Crippen molar-refractivity contribution in [2.75, 3.05) is 18.8 Å². The summed E-state index contributed by atoms with van der Waals surface area (Å²) in [5, 5.41) is 7.66. The molecule has 1 aliphatic heterocycles. The van der Waals surface area contributed by atoms with Gasteiger partial charge in [-0.25, -0.2) is 4.79 Å². The third kappa shape index (κ3) is 4.96. The maximum Gasteiger partial charge on any atom is 0.317 e. The maximum atomic E-state index is 13.0. The van der Waals surface area contributed by atoms with Crippen LogP contribution in [0.4, 0.5) is 4.79 Å². The fraction of sp³-hybridized carbons (Fsp3) is 0.360. The second-order valence-corrected chi connectivity index (χ2v) is 9.44. The van der Waals surface area contributed by atoms with Gasteiger partial charge in [-0.3, -0.25) is 4.68 Å². The Bertz CT molecular complexity index is 1020. The molecule has 2 unspecified atom stereocenters. The number of aryl methyl sites for hydroxylation is 2. The Morgan fingerprint density at radius 1 is 1.10 bits per heavy atom. The summed E-state index contributed by atoms with van der Waals surface area (Å²) in [5.74, 6) is 1.54. The van der Waals surface area contributed by atoms with Crippen molar-refractivity contribution >= 4 is 17.8 Å². The van der Waals surface area contributed by atoms with Gasteiger partial charge in [0.25, 0.3) is 0 Å². The van der Waals surface area contributed by atoms with Crippen LogP contribution in [0.15, 0.2) is 65.6 Å². The van der Waals surface area contributed by atoms with E-state index in [1.165, 1.54) is 16.2 Å². The Morgan fingerprint density at radius 2 is 1.81 bits per heavy atom. The summed E-state index contributed by atoms with van der Waals surface area (Å²) in [7, 11) is 1.99. The van der Waals surface area contributed by atoms with Crippen LogP contribution in [0.2, 0.25) is 0 Å². The number of nitrogens with one attached hydrogen (secondary N) is 1. The molecule has 0 saturated carbocycles. The fourth-order valence-electron chi connectivity index (χ4n) is 4.44. The summed E-state index contributed by atoms with van der Waals surface area (Å²) < 4.78 is 1.97. The predicted octanol–water partition coefficient (Wildman–Crippen LogP) is 4.93. The van der Waals surface area contributed by atoms with Gasteiger partial charge in [0.1, 0.15) is 0 Å². The predicted molar refractivity (Wildman–Crippen MR) is 127 cm³/mol. The van der Waals surface area contributed by atoms with Crippen LogP contribution in [-0.2, 0) is 13.6 Å². The number of carbonyl (C=O) groups is 1. The van der Waals surface area contributed by atoms with Gasteiger partial charge in [-0.1, -0.05) is 49.4 Å². The van der Waals surface area contributed by atoms with E-state index in [0.29, 0.717) is 19.6 Å². The molecule has 4 rings (SSSR count). The zero-order valence-corrected chi connectivity index (χ0v) is 19.2. The minimum absolute atomic E-state index is 0.00525. The van der Waals surface area contributed by atoms with Gasteiger partial charge in [-0.2, -0.15) is 5.10 Å². The van der Waals surface area contributed by atoms with Crippen molar-refractivity contribution in [3.63, 3.8) is 0 Å². The second-order valence-electron chi connectivity index (χ2n) is 8.10. The number of carbonyl (C=O) groups excluding carboxylic acids is 1. The Labute approximate surface area is 188 Å². The molecule has 162 valence electrons. The second kappa shape index (κ2) is 9.60. The maximum absolute atomic E-state index is 13.0. The number of aromatic nitrogens is 2. The van der Waals surface area contributed by atoms with E-state index in [1.54, 1.807) is 0 Å². The molecule has 1 saturated heterocycles. The monoisotopic (exact) mass is 434 g/mol. The van der Waals surface area contributed by atoms with E-state index in [-0.39, 0.29) is 17.9 Å². The molecule has 2 heterocycles. The number of amides is 2. The topological polar surface area (TPSA) is 50.2 Å². The number of nitrogens with zero attached hydrogens (tertiary/aromatic N) is 3. The smallest absolute Gasteiger partial charge is 0.317 e. The highest BCUT2D eigenvalue weighted by molar-refractivity contribution is 7.99. The summed E-state index contributed by atoms with van der Waals surface area (Å²) in [6, 6.07) is 21.1. The molecule has 1 N–H and O–H groups in total. The molecule has 2 amide bonds. The molecule has 1 aromatic heterocycles. The number of urea groups is 1.